The molecular formula is C14H27NO2. The first kappa shape index (κ1) is 13.3. The van der Waals surface area contributed by atoms with Crippen molar-refractivity contribution >= 4 is 0 Å². The monoisotopic (exact) mass is 241 g/mol. The normalized spacial score (nSPS) is 37.9. The predicted molar refractivity (Wildman–Crippen MR) is 68.7 cm³/mol. The second-order valence-corrected chi connectivity index (χ2v) is 5.87. The molecule has 0 amide bonds. The fourth-order valence-electron chi connectivity index (χ4n) is 3.90. The van der Waals surface area contributed by atoms with E-state index in [-0.39, 0.29) is 17.6 Å². The van der Waals surface area contributed by atoms with E-state index in [1.165, 1.54) is 0 Å². The topological polar surface area (TPSA) is 55.5 Å². The van der Waals surface area contributed by atoms with E-state index in [4.69, 9.17) is 10.5 Å². The Balaban J connectivity index is 2.11. The molecule has 1 saturated heterocycles. The van der Waals surface area contributed by atoms with Gasteiger partial charge >= 0.3 is 0 Å². The van der Waals surface area contributed by atoms with E-state index in [2.05, 4.69) is 6.92 Å². The largest absolute Gasteiger partial charge is 0.393 e. The summed E-state index contributed by atoms with van der Waals surface area (Å²) in [4.78, 5) is 0. The summed E-state index contributed by atoms with van der Waals surface area (Å²) in [5.74, 6) is 0.707. The van der Waals surface area contributed by atoms with Gasteiger partial charge in [0.15, 0.2) is 0 Å². The summed E-state index contributed by atoms with van der Waals surface area (Å²) in [6, 6.07) is 0.290. The van der Waals surface area contributed by atoms with Crippen LogP contribution < -0.4 is 5.73 Å². The molecule has 2 rings (SSSR count). The molecule has 1 heterocycles. The van der Waals surface area contributed by atoms with Gasteiger partial charge in [-0.25, -0.2) is 0 Å². The Labute approximate surface area is 105 Å². The van der Waals surface area contributed by atoms with Gasteiger partial charge in [-0.3, -0.25) is 0 Å². The van der Waals surface area contributed by atoms with Crippen LogP contribution in [0.25, 0.3) is 0 Å². The molecule has 2 aliphatic rings. The summed E-state index contributed by atoms with van der Waals surface area (Å²) in [7, 11) is 0. The zero-order chi connectivity index (χ0) is 12.3. The van der Waals surface area contributed by atoms with Gasteiger partial charge in [-0.2, -0.15) is 0 Å². The fraction of sp³-hybridized carbons (Fsp3) is 1.00. The maximum absolute atomic E-state index is 9.73. The molecule has 1 aliphatic heterocycles. The summed E-state index contributed by atoms with van der Waals surface area (Å²) < 4.78 is 5.48. The lowest BCUT2D eigenvalue weighted by Crippen LogP contribution is -2.50. The highest BCUT2D eigenvalue weighted by molar-refractivity contribution is 4.98. The molecule has 0 aromatic heterocycles. The van der Waals surface area contributed by atoms with E-state index < -0.39 is 0 Å². The summed E-state index contributed by atoms with van der Waals surface area (Å²) >= 11 is 0. The van der Waals surface area contributed by atoms with E-state index in [9.17, 15) is 5.11 Å². The molecular weight excluding hydrogens is 214 g/mol. The van der Waals surface area contributed by atoms with Crippen molar-refractivity contribution in [3.05, 3.63) is 0 Å². The first-order chi connectivity index (χ1) is 8.19. The number of aliphatic hydroxyl groups is 1. The highest BCUT2D eigenvalue weighted by atomic mass is 16.5. The number of hydrogen-bond donors (Lipinski definition) is 2. The van der Waals surface area contributed by atoms with Crippen molar-refractivity contribution in [1.29, 1.82) is 0 Å². The SMILES string of the molecule is CCC(N)C1(C2CCOCC2)CCC(O)CC1. The van der Waals surface area contributed by atoms with Crippen LogP contribution in [0.15, 0.2) is 0 Å². The van der Waals surface area contributed by atoms with Crippen LogP contribution >= 0.6 is 0 Å². The molecule has 3 nitrogen and oxygen atoms in total. The molecule has 0 spiro atoms. The van der Waals surface area contributed by atoms with Crippen molar-refractivity contribution in [2.45, 2.75) is 64.0 Å². The maximum Gasteiger partial charge on any atom is 0.0540 e. The zero-order valence-corrected chi connectivity index (χ0v) is 11.0. The average molecular weight is 241 g/mol. The molecule has 3 N–H and O–H groups in total. The van der Waals surface area contributed by atoms with Gasteiger partial charge in [-0.15, -0.1) is 0 Å². The third-order valence-electron chi connectivity index (χ3n) is 5.10. The second-order valence-electron chi connectivity index (χ2n) is 5.87. The van der Waals surface area contributed by atoms with E-state index in [1.807, 2.05) is 0 Å². The van der Waals surface area contributed by atoms with Crippen molar-refractivity contribution in [3.63, 3.8) is 0 Å². The highest BCUT2D eigenvalue weighted by Gasteiger charge is 2.45. The Hall–Kier alpha value is -0.120. The minimum atomic E-state index is -0.0907. The molecule has 0 bridgehead atoms. The van der Waals surface area contributed by atoms with Crippen LogP contribution in [-0.4, -0.2) is 30.5 Å². The van der Waals surface area contributed by atoms with Crippen LogP contribution in [0.5, 0.6) is 0 Å². The van der Waals surface area contributed by atoms with Crippen molar-refractivity contribution in [2.24, 2.45) is 17.1 Å². The maximum atomic E-state index is 9.73. The van der Waals surface area contributed by atoms with Crippen molar-refractivity contribution in [2.75, 3.05) is 13.2 Å². The first-order valence-corrected chi connectivity index (χ1v) is 7.20. The van der Waals surface area contributed by atoms with Gasteiger partial charge in [0.05, 0.1) is 6.10 Å². The van der Waals surface area contributed by atoms with Gasteiger partial charge in [-0.05, 0) is 56.3 Å². The number of ether oxygens (including phenoxy) is 1. The number of rotatable bonds is 3. The molecule has 1 aliphatic carbocycles. The zero-order valence-electron chi connectivity index (χ0n) is 11.0. The number of aliphatic hydroxyl groups excluding tert-OH is 1. The summed E-state index contributed by atoms with van der Waals surface area (Å²) in [6.07, 6.45) is 7.35. The quantitative estimate of drug-likeness (QED) is 0.795. The molecule has 1 atom stereocenters. The Morgan fingerprint density at radius 2 is 1.82 bits per heavy atom. The number of nitrogens with two attached hydrogens (primary N) is 1. The van der Waals surface area contributed by atoms with Crippen LogP contribution in [0.3, 0.4) is 0 Å². The van der Waals surface area contributed by atoms with E-state index in [0.29, 0.717) is 5.92 Å². The lowest BCUT2D eigenvalue weighted by Gasteiger charge is -2.49. The Bertz CT molecular complexity index is 230. The van der Waals surface area contributed by atoms with Gasteiger partial charge in [-0.1, -0.05) is 6.92 Å². The Morgan fingerprint density at radius 3 is 2.35 bits per heavy atom. The van der Waals surface area contributed by atoms with E-state index in [0.717, 1.165) is 58.2 Å². The van der Waals surface area contributed by atoms with Crippen LogP contribution in [0.2, 0.25) is 0 Å². The van der Waals surface area contributed by atoms with Crippen LogP contribution in [0.4, 0.5) is 0 Å². The minimum absolute atomic E-state index is 0.0907. The summed E-state index contributed by atoms with van der Waals surface area (Å²) in [5, 5.41) is 9.73. The van der Waals surface area contributed by atoms with Crippen LogP contribution in [0.1, 0.15) is 51.9 Å². The Morgan fingerprint density at radius 1 is 1.24 bits per heavy atom. The van der Waals surface area contributed by atoms with Crippen molar-refractivity contribution in [3.8, 4) is 0 Å². The van der Waals surface area contributed by atoms with Gasteiger partial charge in [0.1, 0.15) is 0 Å². The smallest absolute Gasteiger partial charge is 0.0540 e. The lowest BCUT2D eigenvalue weighted by molar-refractivity contribution is -0.0436. The van der Waals surface area contributed by atoms with E-state index >= 15 is 0 Å². The molecule has 1 unspecified atom stereocenters. The summed E-state index contributed by atoms with van der Waals surface area (Å²) in [5.41, 5.74) is 6.71. The first-order valence-electron chi connectivity index (χ1n) is 7.20. The standard InChI is InChI=1S/C14H27NO2/c1-2-13(15)14(7-3-12(16)4-8-14)11-5-9-17-10-6-11/h11-13,16H,2-10,15H2,1H3. The second kappa shape index (κ2) is 5.68. The van der Waals surface area contributed by atoms with Gasteiger partial charge < -0.3 is 15.6 Å². The van der Waals surface area contributed by atoms with Crippen molar-refractivity contribution in [1.82, 2.24) is 0 Å². The number of hydrogen-bond acceptors (Lipinski definition) is 3. The molecule has 17 heavy (non-hydrogen) atoms. The third kappa shape index (κ3) is 2.67. The lowest BCUT2D eigenvalue weighted by atomic mass is 9.59. The average Bonchev–Trinajstić information content (AvgIpc) is 2.40. The molecule has 0 aromatic carbocycles. The fourth-order valence-corrected chi connectivity index (χ4v) is 3.90. The molecule has 0 aromatic rings. The molecule has 1 saturated carbocycles. The molecule has 2 fully saturated rings. The predicted octanol–water partition coefficient (Wildman–Crippen LogP) is 2.07. The molecule has 3 heteroatoms. The van der Waals surface area contributed by atoms with Gasteiger partial charge in [0, 0.05) is 19.3 Å². The van der Waals surface area contributed by atoms with Gasteiger partial charge in [0.25, 0.3) is 0 Å². The highest BCUT2D eigenvalue weighted by Crippen LogP contribution is 2.49. The van der Waals surface area contributed by atoms with Crippen LogP contribution in [0, 0.1) is 11.3 Å². The van der Waals surface area contributed by atoms with Crippen molar-refractivity contribution < 1.29 is 9.84 Å². The van der Waals surface area contributed by atoms with Crippen LogP contribution in [-0.2, 0) is 4.74 Å². The van der Waals surface area contributed by atoms with Gasteiger partial charge in [0.2, 0.25) is 0 Å². The molecule has 0 radical (unpaired) electrons. The minimum Gasteiger partial charge on any atom is -0.393 e. The Kier molecular flexibility index (Phi) is 4.45. The summed E-state index contributed by atoms with van der Waals surface area (Å²) in [6.45, 7) is 3.98. The third-order valence-corrected chi connectivity index (χ3v) is 5.10. The molecule has 100 valence electrons. The van der Waals surface area contributed by atoms with E-state index in [1.54, 1.807) is 0 Å².